The van der Waals surface area contributed by atoms with E-state index in [2.05, 4.69) is 126 Å². The Labute approximate surface area is 274 Å². The van der Waals surface area contributed by atoms with Crippen molar-refractivity contribution in [1.29, 1.82) is 0 Å². The highest BCUT2D eigenvalue weighted by molar-refractivity contribution is 7.26. The Balaban J connectivity index is 1.15. The highest BCUT2D eigenvalue weighted by Crippen LogP contribution is 2.55. The normalized spacial score (nSPS) is 13.9. The van der Waals surface area contributed by atoms with Gasteiger partial charge in [-0.2, -0.15) is 0 Å². The van der Waals surface area contributed by atoms with Crippen LogP contribution in [0.5, 0.6) is 11.5 Å². The molecular formula is C41H28N4OS. The number of anilines is 3. The highest BCUT2D eigenvalue weighted by atomic mass is 32.1. The fourth-order valence-corrected chi connectivity index (χ4v) is 8.65. The molecular weight excluding hydrogens is 597 g/mol. The Morgan fingerprint density at radius 3 is 2.43 bits per heavy atom. The molecule has 224 valence electrons. The standard InChI is InChI=1S/C41H28N4OS/c1-41(2)32-18-19-36-37(30-12-4-6-15-35(30)47-36)38(32)45(40-33(41)13-8-20-42-40)25-9-7-10-26(23-25)46-27-16-17-28-29-11-3-5-14-34(29)44-22-21-43-39(44)31(28)24-27/h3-24H,1-2H3. The average Bonchev–Trinajstić information content (AvgIpc) is 3.75. The molecule has 0 bridgehead atoms. The fraction of sp³-hybridized carbons (Fsp3) is 0.0732. The topological polar surface area (TPSA) is 42.7 Å². The number of pyridine rings is 2. The van der Waals surface area contributed by atoms with E-state index in [1.807, 2.05) is 42.1 Å². The summed E-state index contributed by atoms with van der Waals surface area (Å²) in [5, 5.41) is 5.93. The lowest BCUT2D eigenvalue weighted by atomic mass is 9.74. The number of benzene rings is 5. The molecule has 5 nitrogen and oxygen atoms in total. The van der Waals surface area contributed by atoms with Crippen molar-refractivity contribution in [2.24, 2.45) is 0 Å². The van der Waals surface area contributed by atoms with Gasteiger partial charge in [0.1, 0.15) is 23.0 Å². The minimum atomic E-state index is -0.228. The van der Waals surface area contributed by atoms with Crippen molar-refractivity contribution in [1.82, 2.24) is 14.4 Å². The molecule has 0 N–H and O–H groups in total. The molecule has 0 radical (unpaired) electrons. The Morgan fingerprint density at radius 1 is 0.638 bits per heavy atom. The van der Waals surface area contributed by atoms with Gasteiger partial charge in [0.05, 0.1) is 16.9 Å². The van der Waals surface area contributed by atoms with Crippen molar-refractivity contribution in [3.63, 3.8) is 0 Å². The quantitative estimate of drug-likeness (QED) is 0.183. The van der Waals surface area contributed by atoms with Crippen LogP contribution in [0.4, 0.5) is 17.2 Å². The summed E-state index contributed by atoms with van der Waals surface area (Å²) in [6, 6.07) is 40.7. The lowest BCUT2D eigenvalue weighted by Crippen LogP contribution is -2.31. The van der Waals surface area contributed by atoms with Gasteiger partial charge in [-0.05, 0) is 65.5 Å². The van der Waals surface area contributed by atoms with Gasteiger partial charge in [0, 0.05) is 66.6 Å². The molecule has 0 aliphatic carbocycles. The van der Waals surface area contributed by atoms with Crippen LogP contribution >= 0.6 is 11.3 Å². The summed E-state index contributed by atoms with van der Waals surface area (Å²) in [5.41, 5.74) is 6.50. The highest BCUT2D eigenvalue weighted by Gasteiger charge is 2.39. The number of hydrogen-bond donors (Lipinski definition) is 0. The average molecular weight is 625 g/mol. The molecule has 1 aliphatic heterocycles. The third-order valence-electron chi connectivity index (χ3n) is 9.72. The lowest BCUT2D eigenvalue weighted by molar-refractivity contribution is 0.483. The fourth-order valence-electron chi connectivity index (χ4n) is 7.54. The second-order valence-electron chi connectivity index (χ2n) is 12.7. The molecule has 0 amide bonds. The number of fused-ring (bicyclic) bond motifs is 12. The van der Waals surface area contributed by atoms with Crippen LogP contribution in [0.1, 0.15) is 25.0 Å². The first-order valence-corrected chi connectivity index (χ1v) is 16.6. The minimum Gasteiger partial charge on any atom is -0.457 e. The first-order chi connectivity index (χ1) is 23.1. The molecule has 5 heterocycles. The number of thiophene rings is 1. The number of imidazole rings is 1. The number of aromatic nitrogens is 3. The van der Waals surface area contributed by atoms with Crippen LogP contribution in [0.3, 0.4) is 0 Å². The SMILES string of the molecule is CC1(C)c2cccnc2N(c2cccc(Oc3ccc4c5ccccc5n5ccnc5c4c3)c2)c2c1ccc1sc3ccccc3c21. The summed E-state index contributed by atoms with van der Waals surface area (Å²) in [5.74, 6) is 2.47. The number of hydrogen-bond acceptors (Lipinski definition) is 5. The second kappa shape index (κ2) is 9.64. The van der Waals surface area contributed by atoms with Gasteiger partial charge in [-0.3, -0.25) is 9.30 Å². The summed E-state index contributed by atoms with van der Waals surface area (Å²) >= 11 is 1.84. The smallest absolute Gasteiger partial charge is 0.145 e. The van der Waals surface area contributed by atoms with E-state index in [1.165, 1.54) is 42.4 Å². The van der Waals surface area contributed by atoms with Crippen LogP contribution in [-0.2, 0) is 5.41 Å². The Morgan fingerprint density at radius 2 is 1.49 bits per heavy atom. The zero-order valence-electron chi connectivity index (χ0n) is 25.8. The maximum atomic E-state index is 6.63. The number of ether oxygens (including phenoxy) is 1. The zero-order valence-corrected chi connectivity index (χ0v) is 26.6. The third-order valence-corrected chi connectivity index (χ3v) is 10.9. The minimum absolute atomic E-state index is 0.228. The van der Waals surface area contributed by atoms with Gasteiger partial charge >= 0.3 is 0 Å². The molecule has 0 atom stereocenters. The van der Waals surface area contributed by atoms with Gasteiger partial charge in [-0.25, -0.2) is 9.97 Å². The third kappa shape index (κ3) is 3.76. The maximum absolute atomic E-state index is 6.63. The first kappa shape index (κ1) is 26.5. The Kier molecular flexibility index (Phi) is 5.44. The summed E-state index contributed by atoms with van der Waals surface area (Å²) in [6.07, 6.45) is 5.77. The molecule has 0 saturated heterocycles. The van der Waals surface area contributed by atoms with Crippen LogP contribution < -0.4 is 9.64 Å². The summed E-state index contributed by atoms with van der Waals surface area (Å²) in [6.45, 7) is 4.62. The van der Waals surface area contributed by atoms with Crippen molar-refractivity contribution >= 4 is 76.0 Å². The van der Waals surface area contributed by atoms with Crippen LogP contribution in [0.15, 0.2) is 134 Å². The van der Waals surface area contributed by atoms with Crippen molar-refractivity contribution in [2.75, 3.05) is 4.90 Å². The van der Waals surface area contributed by atoms with Gasteiger partial charge in [0.15, 0.2) is 0 Å². The summed E-state index contributed by atoms with van der Waals surface area (Å²) in [7, 11) is 0. The maximum Gasteiger partial charge on any atom is 0.145 e. The van der Waals surface area contributed by atoms with E-state index in [0.29, 0.717) is 0 Å². The molecule has 10 rings (SSSR count). The van der Waals surface area contributed by atoms with Crippen molar-refractivity contribution < 1.29 is 4.74 Å². The van der Waals surface area contributed by atoms with Gasteiger partial charge in [0.2, 0.25) is 0 Å². The van der Waals surface area contributed by atoms with E-state index < -0.39 is 0 Å². The van der Waals surface area contributed by atoms with Crippen molar-refractivity contribution in [2.45, 2.75) is 19.3 Å². The van der Waals surface area contributed by atoms with E-state index in [4.69, 9.17) is 14.7 Å². The predicted octanol–water partition coefficient (Wildman–Crippen LogP) is 11.3. The van der Waals surface area contributed by atoms with Gasteiger partial charge < -0.3 is 4.74 Å². The van der Waals surface area contributed by atoms with E-state index in [9.17, 15) is 0 Å². The van der Waals surface area contributed by atoms with E-state index in [0.717, 1.165) is 44.9 Å². The molecule has 0 unspecified atom stereocenters. The number of rotatable bonds is 3. The Bertz CT molecular complexity index is 2720. The van der Waals surface area contributed by atoms with Crippen molar-refractivity contribution in [3.05, 3.63) is 145 Å². The van der Waals surface area contributed by atoms with Crippen LogP contribution in [0.2, 0.25) is 0 Å². The Hall–Kier alpha value is -5.72. The summed E-state index contributed by atoms with van der Waals surface area (Å²) in [4.78, 5) is 12.1. The van der Waals surface area contributed by atoms with E-state index in [-0.39, 0.29) is 5.41 Å². The first-order valence-electron chi connectivity index (χ1n) is 15.8. The van der Waals surface area contributed by atoms with Crippen LogP contribution in [0.25, 0.3) is 47.5 Å². The summed E-state index contributed by atoms with van der Waals surface area (Å²) < 4.78 is 11.3. The molecule has 5 aromatic carbocycles. The molecule has 1 aliphatic rings. The van der Waals surface area contributed by atoms with Crippen molar-refractivity contribution in [3.8, 4) is 11.5 Å². The van der Waals surface area contributed by atoms with Crippen LogP contribution in [0, 0.1) is 0 Å². The van der Waals surface area contributed by atoms with Crippen LogP contribution in [-0.4, -0.2) is 14.4 Å². The second-order valence-corrected chi connectivity index (χ2v) is 13.8. The molecule has 0 spiro atoms. The van der Waals surface area contributed by atoms with Gasteiger partial charge in [-0.1, -0.05) is 68.4 Å². The number of nitrogens with zero attached hydrogens (tertiary/aromatic N) is 4. The van der Waals surface area contributed by atoms with E-state index >= 15 is 0 Å². The molecule has 0 saturated carbocycles. The van der Waals surface area contributed by atoms with Gasteiger partial charge in [0.25, 0.3) is 0 Å². The number of para-hydroxylation sites is 1. The lowest BCUT2D eigenvalue weighted by Gasteiger charge is -2.41. The zero-order chi connectivity index (χ0) is 31.3. The largest absolute Gasteiger partial charge is 0.457 e. The molecule has 0 fully saturated rings. The molecule has 9 aromatic rings. The molecule has 4 aromatic heterocycles. The van der Waals surface area contributed by atoms with E-state index in [1.54, 1.807) is 0 Å². The van der Waals surface area contributed by atoms with Gasteiger partial charge in [-0.15, -0.1) is 11.3 Å². The molecule has 6 heteroatoms. The molecule has 47 heavy (non-hydrogen) atoms. The monoisotopic (exact) mass is 624 g/mol. The predicted molar refractivity (Wildman–Crippen MR) is 194 cm³/mol.